The normalized spacial score (nSPS) is 27.8. The third-order valence-electron chi connectivity index (χ3n) is 4.46. The molecule has 2 atom stereocenters. The zero-order valence-electron chi connectivity index (χ0n) is 12.4. The number of likely N-dealkylation sites (tertiary alicyclic amines) is 1. The largest absolute Gasteiger partial charge is 0.383 e. The molecule has 2 aliphatic rings. The summed E-state index contributed by atoms with van der Waals surface area (Å²) in [6, 6.07) is 0.288. The van der Waals surface area contributed by atoms with E-state index in [0.29, 0.717) is 25.5 Å². The van der Waals surface area contributed by atoms with E-state index in [4.69, 9.17) is 4.74 Å². The van der Waals surface area contributed by atoms with Gasteiger partial charge in [0.2, 0.25) is 5.91 Å². The third-order valence-corrected chi connectivity index (χ3v) is 4.46. The lowest BCUT2D eigenvalue weighted by Gasteiger charge is -2.32. The molecule has 114 valence electrons. The predicted octanol–water partition coefficient (Wildman–Crippen LogP) is 0.973. The molecule has 5 nitrogen and oxygen atoms in total. The highest BCUT2D eigenvalue weighted by atomic mass is 16.5. The monoisotopic (exact) mass is 282 g/mol. The molecule has 0 radical (unpaired) electrons. The molecule has 5 heteroatoms. The minimum Gasteiger partial charge on any atom is -0.383 e. The van der Waals surface area contributed by atoms with Crippen LogP contribution in [0.5, 0.6) is 0 Å². The summed E-state index contributed by atoms with van der Waals surface area (Å²) < 4.78 is 4.92. The lowest BCUT2D eigenvalue weighted by atomic mass is 9.82. The number of nitrogens with one attached hydrogen (secondary N) is 1. The van der Waals surface area contributed by atoms with Crippen LogP contribution in [0.1, 0.15) is 38.5 Å². The number of nitrogens with zero attached hydrogens (tertiary/aromatic N) is 1. The van der Waals surface area contributed by atoms with Gasteiger partial charge in [-0.05, 0) is 32.2 Å². The van der Waals surface area contributed by atoms with Crippen LogP contribution in [0.4, 0.5) is 0 Å². The van der Waals surface area contributed by atoms with Gasteiger partial charge in [0, 0.05) is 32.0 Å². The van der Waals surface area contributed by atoms with Crippen LogP contribution in [0.15, 0.2) is 0 Å². The van der Waals surface area contributed by atoms with Crippen molar-refractivity contribution in [2.45, 2.75) is 44.6 Å². The summed E-state index contributed by atoms with van der Waals surface area (Å²) in [5, 5.41) is 2.85. The Morgan fingerprint density at radius 2 is 2.20 bits per heavy atom. The van der Waals surface area contributed by atoms with Gasteiger partial charge in [0.15, 0.2) is 0 Å². The van der Waals surface area contributed by atoms with E-state index in [1.165, 1.54) is 0 Å². The molecule has 0 aromatic rings. The number of carbonyl (C=O) groups is 2. The quantitative estimate of drug-likeness (QED) is 0.738. The van der Waals surface area contributed by atoms with Crippen LogP contribution in [0, 0.1) is 5.92 Å². The molecule has 0 aromatic heterocycles. The van der Waals surface area contributed by atoms with E-state index < -0.39 is 0 Å². The molecule has 1 saturated heterocycles. The first-order valence-corrected chi connectivity index (χ1v) is 7.74. The predicted molar refractivity (Wildman–Crippen MR) is 76.4 cm³/mol. The zero-order chi connectivity index (χ0) is 14.4. The van der Waals surface area contributed by atoms with Crippen molar-refractivity contribution in [1.82, 2.24) is 10.2 Å². The lowest BCUT2D eigenvalue weighted by Crippen LogP contribution is -2.45. The van der Waals surface area contributed by atoms with Crippen molar-refractivity contribution in [2.75, 3.05) is 33.4 Å². The molecule has 1 saturated carbocycles. The van der Waals surface area contributed by atoms with Gasteiger partial charge in [-0.25, -0.2) is 0 Å². The Morgan fingerprint density at radius 3 is 2.95 bits per heavy atom. The van der Waals surface area contributed by atoms with Crippen molar-refractivity contribution >= 4 is 11.7 Å². The highest BCUT2D eigenvalue weighted by Crippen LogP contribution is 2.32. The van der Waals surface area contributed by atoms with E-state index in [2.05, 4.69) is 10.2 Å². The average molecular weight is 282 g/mol. The first-order chi connectivity index (χ1) is 9.72. The maximum atomic E-state index is 12.1. The van der Waals surface area contributed by atoms with Gasteiger partial charge >= 0.3 is 0 Å². The fraction of sp³-hybridized carbons (Fsp3) is 0.867. The van der Waals surface area contributed by atoms with Crippen LogP contribution in [0.2, 0.25) is 0 Å². The van der Waals surface area contributed by atoms with Crippen LogP contribution in [-0.4, -0.2) is 56.0 Å². The van der Waals surface area contributed by atoms with Gasteiger partial charge in [-0.2, -0.15) is 0 Å². The minimum absolute atomic E-state index is 0.0391. The first-order valence-electron chi connectivity index (χ1n) is 7.74. The fourth-order valence-corrected chi connectivity index (χ4v) is 3.45. The van der Waals surface area contributed by atoms with Gasteiger partial charge in [0.25, 0.3) is 0 Å². The third kappa shape index (κ3) is 4.03. The second kappa shape index (κ2) is 7.74. The molecule has 1 aliphatic carbocycles. The van der Waals surface area contributed by atoms with E-state index in [1.54, 1.807) is 7.11 Å². The minimum atomic E-state index is 0.0391. The van der Waals surface area contributed by atoms with Crippen LogP contribution in [0.25, 0.3) is 0 Å². The summed E-state index contributed by atoms with van der Waals surface area (Å²) in [6.07, 6.45) is 6.09. The molecular formula is C15H26N2O3. The van der Waals surface area contributed by atoms with Crippen LogP contribution >= 0.6 is 0 Å². The molecule has 20 heavy (non-hydrogen) atoms. The van der Waals surface area contributed by atoms with Gasteiger partial charge in [-0.15, -0.1) is 0 Å². The molecule has 0 aromatic carbocycles. The maximum Gasteiger partial charge on any atom is 0.234 e. The standard InChI is InChI=1S/C15H26N2O3/c1-20-10-8-16-15(19)11-17-9-4-6-13(17)12-5-2-3-7-14(12)18/h12-13H,2-11H2,1H3,(H,16,19). The lowest BCUT2D eigenvalue weighted by molar-refractivity contribution is -0.129. The summed E-state index contributed by atoms with van der Waals surface area (Å²) in [7, 11) is 1.62. The molecule has 2 rings (SSSR count). The second-order valence-corrected chi connectivity index (χ2v) is 5.84. The Hall–Kier alpha value is -0.940. The van der Waals surface area contributed by atoms with Crippen molar-refractivity contribution in [3.05, 3.63) is 0 Å². The SMILES string of the molecule is COCCNC(=O)CN1CCCC1C1CCCCC1=O. The van der Waals surface area contributed by atoms with Gasteiger partial charge in [0.05, 0.1) is 13.2 Å². The highest BCUT2D eigenvalue weighted by Gasteiger charge is 2.37. The van der Waals surface area contributed by atoms with Crippen molar-refractivity contribution in [3.8, 4) is 0 Å². The van der Waals surface area contributed by atoms with Crippen LogP contribution < -0.4 is 5.32 Å². The van der Waals surface area contributed by atoms with Crippen LogP contribution in [0.3, 0.4) is 0 Å². The summed E-state index contributed by atoms with van der Waals surface area (Å²) in [6.45, 7) is 2.44. The van der Waals surface area contributed by atoms with E-state index in [9.17, 15) is 9.59 Å². The summed E-state index contributed by atoms with van der Waals surface area (Å²) >= 11 is 0. The number of methoxy groups -OCH3 is 1. The van der Waals surface area contributed by atoms with Crippen molar-refractivity contribution in [1.29, 1.82) is 0 Å². The zero-order valence-corrected chi connectivity index (χ0v) is 12.4. The van der Waals surface area contributed by atoms with E-state index in [0.717, 1.165) is 45.1 Å². The molecule has 1 heterocycles. The van der Waals surface area contributed by atoms with Gasteiger partial charge < -0.3 is 10.1 Å². The molecule has 1 aliphatic heterocycles. The summed E-state index contributed by atoms with van der Waals surface area (Å²) in [5.74, 6) is 0.614. The summed E-state index contributed by atoms with van der Waals surface area (Å²) in [4.78, 5) is 26.2. The molecule has 0 spiro atoms. The summed E-state index contributed by atoms with van der Waals surface area (Å²) in [5.41, 5.74) is 0. The Morgan fingerprint density at radius 1 is 1.35 bits per heavy atom. The van der Waals surface area contributed by atoms with E-state index >= 15 is 0 Å². The number of ether oxygens (including phenoxy) is 1. The average Bonchev–Trinajstić information content (AvgIpc) is 2.87. The van der Waals surface area contributed by atoms with E-state index in [-0.39, 0.29) is 17.9 Å². The number of carbonyl (C=O) groups excluding carboxylic acids is 2. The van der Waals surface area contributed by atoms with Crippen molar-refractivity contribution < 1.29 is 14.3 Å². The maximum absolute atomic E-state index is 12.1. The van der Waals surface area contributed by atoms with Gasteiger partial charge in [0.1, 0.15) is 5.78 Å². The Labute approximate surface area is 121 Å². The second-order valence-electron chi connectivity index (χ2n) is 5.84. The number of hydrogen-bond acceptors (Lipinski definition) is 4. The van der Waals surface area contributed by atoms with Crippen LogP contribution in [-0.2, 0) is 14.3 Å². The highest BCUT2D eigenvalue weighted by molar-refractivity contribution is 5.82. The number of rotatable bonds is 6. The molecule has 0 bridgehead atoms. The topological polar surface area (TPSA) is 58.6 Å². The first kappa shape index (κ1) is 15.4. The molecule has 2 fully saturated rings. The molecule has 2 unspecified atom stereocenters. The van der Waals surface area contributed by atoms with Crippen molar-refractivity contribution in [2.24, 2.45) is 5.92 Å². The number of hydrogen-bond donors (Lipinski definition) is 1. The number of Topliss-reactive ketones (excluding diaryl/α,β-unsaturated/α-hetero) is 1. The van der Waals surface area contributed by atoms with E-state index in [1.807, 2.05) is 0 Å². The van der Waals surface area contributed by atoms with Crippen molar-refractivity contribution in [3.63, 3.8) is 0 Å². The Kier molecular flexibility index (Phi) is 5.98. The smallest absolute Gasteiger partial charge is 0.234 e. The molecule has 1 amide bonds. The van der Waals surface area contributed by atoms with Gasteiger partial charge in [-0.3, -0.25) is 14.5 Å². The van der Waals surface area contributed by atoms with Gasteiger partial charge in [-0.1, -0.05) is 6.42 Å². The Bertz CT molecular complexity index is 346. The molecule has 1 N–H and O–H groups in total. The number of ketones is 1. The molecular weight excluding hydrogens is 256 g/mol. The number of amides is 1. The fourth-order valence-electron chi connectivity index (χ4n) is 3.45. The Balaban J connectivity index is 1.83.